The van der Waals surface area contributed by atoms with Crippen LogP contribution in [0, 0.1) is 0 Å². The fourth-order valence-corrected chi connectivity index (χ4v) is 4.81. The predicted octanol–water partition coefficient (Wildman–Crippen LogP) is 4.07. The Morgan fingerprint density at radius 2 is 1.97 bits per heavy atom. The minimum absolute atomic E-state index is 0.755. The standard InChI is InChI=1S/C24H27N5O2S/c1-30-22-4-2-3-18(12-22)14-29(15-19-5-6-23-20(11-19)13-25-27-23)24-26-21(17-32-24)16-28-7-9-31-10-8-28/h2-6,11-13,17H,7-10,14-16H2,1H3,(H,25,27). The van der Waals surface area contributed by atoms with E-state index >= 15 is 0 Å². The zero-order chi connectivity index (χ0) is 21.8. The van der Waals surface area contributed by atoms with Gasteiger partial charge in [0.1, 0.15) is 5.75 Å². The van der Waals surface area contributed by atoms with Gasteiger partial charge in [-0.15, -0.1) is 11.3 Å². The van der Waals surface area contributed by atoms with E-state index in [-0.39, 0.29) is 0 Å². The second-order valence-corrected chi connectivity index (χ2v) is 8.85. The van der Waals surface area contributed by atoms with Crippen molar-refractivity contribution in [2.75, 3.05) is 38.3 Å². The van der Waals surface area contributed by atoms with Crippen molar-refractivity contribution >= 4 is 27.4 Å². The predicted molar refractivity (Wildman–Crippen MR) is 127 cm³/mol. The van der Waals surface area contributed by atoms with Crippen molar-refractivity contribution in [2.45, 2.75) is 19.6 Å². The van der Waals surface area contributed by atoms with E-state index < -0.39 is 0 Å². The number of fused-ring (bicyclic) bond motifs is 1. The van der Waals surface area contributed by atoms with Crippen LogP contribution in [0.5, 0.6) is 5.75 Å². The highest BCUT2D eigenvalue weighted by molar-refractivity contribution is 7.13. The number of morpholine rings is 1. The van der Waals surface area contributed by atoms with Crippen molar-refractivity contribution in [1.29, 1.82) is 0 Å². The van der Waals surface area contributed by atoms with Gasteiger partial charge < -0.3 is 14.4 Å². The zero-order valence-electron chi connectivity index (χ0n) is 18.2. The molecule has 2 aromatic carbocycles. The number of hydrogen-bond donors (Lipinski definition) is 1. The maximum absolute atomic E-state index is 5.47. The summed E-state index contributed by atoms with van der Waals surface area (Å²) in [7, 11) is 1.70. The molecule has 7 nitrogen and oxygen atoms in total. The Morgan fingerprint density at radius 3 is 2.81 bits per heavy atom. The first-order valence-corrected chi connectivity index (χ1v) is 11.7. The molecule has 8 heteroatoms. The number of methoxy groups -OCH3 is 1. The van der Waals surface area contributed by atoms with E-state index in [0.29, 0.717) is 0 Å². The highest BCUT2D eigenvalue weighted by Gasteiger charge is 2.17. The summed E-state index contributed by atoms with van der Waals surface area (Å²) in [5.74, 6) is 0.870. The molecular formula is C24H27N5O2S. The van der Waals surface area contributed by atoms with Crippen LogP contribution in [0.1, 0.15) is 16.8 Å². The number of thiazole rings is 1. The van der Waals surface area contributed by atoms with Gasteiger partial charge in [-0.3, -0.25) is 10.00 Å². The third kappa shape index (κ3) is 4.93. The Bertz CT molecular complexity index is 1170. The van der Waals surface area contributed by atoms with Crippen LogP contribution in [0.15, 0.2) is 54.0 Å². The van der Waals surface area contributed by atoms with Gasteiger partial charge >= 0.3 is 0 Å². The number of anilines is 1. The molecule has 1 N–H and O–H groups in total. The number of aromatic amines is 1. The number of aromatic nitrogens is 3. The molecule has 0 unspecified atom stereocenters. The Kier molecular flexibility index (Phi) is 6.34. The average Bonchev–Trinajstić information content (AvgIpc) is 3.49. The van der Waals surface area contributed by atoms with Gasteiger partial charge in [0.25, 0.3) is 0 Å². The lowest BCUT2D eigenvalue weighted by atomic mass is 10.1. The molecule has 1 aliphatic rings. The van der Waals surface area contributed by atoms with Gasteiger partial charge in [0.15, 0.2) is 5.13 Å². The van der Waals surface area contributed by atoms with E-state index in [1.165, 1.54) is 11.1 Å². The number of nitrogens with zero attached hydrogens (tertiary/aromatic N) is 4. The van der Waals surface area contributed by atoms with E-state index in [2.05, 4.69) is 55.7 Å². The van der Waals surface area contributed by atoms with Crippen molar-refractivity contribution in [3.63, 3.8) is 0 Å². The van der Waals surface area contributed by atoms with E-state index in [1.54, 1.807) is 18.4 Å². The molecule has 0 aliphatic carbocycles. The number of H-pyrrole nitrogens is 1. The Labute approximate surface area is 191 Å². The molecule has 0 bridgehead atoms. The second kappa shape index (κ2) is 9.68. The molecule has 2 aromatic heterocycles. The minimum Gasteiger partial charge on any atom is -0.497 e. The van der Waals surface area contributed by atoms with E-state index in [0.717, 1.165) is 73.4 Å². The fraction of sp³-hybridized carbons (Fsp3) is 0.333. The summed E-state index contributed by atoms with van der Waals surface area (Å²) in [4.78, 5) is 9.75. The molecule has 4 aromatic rings. The van der Waals surface area contributed by atoms with Gasteiger partial charge in [-0.25, -0.2) is 4.98 Å². The maximum Gasteiger partial charge on any atom is 0.186 e. The molecule has 0 saturated carbocycles. The van der Waals surface area contributed by atoms with Crippen LogP contribution in [0.2, 0.25) is 0 Å². The van der Waals surface area contributed by atoms with Gasteiger partial charge in [-0.1, -0.05) is 18.2 Å². The Morgan fingerprint density at radius 1 is 1.12 bits per heavy atom. The summed E-state index contributed by atoms with van der Waals surface area (Å²) in [5.41, 5.74) is 4.59. The fourth-order valence-electron chi connectivity index (χ4n) is 4.00. The topological polar surface area (TPSA) is 66.5 Å². The molecule has 1 aliphatic heterocycles. The van der Waals surface area contributed by atoms with Crippen molar-refractivity contribution < 1.29 is 9.47 Å². The summed E-state index contributed by atoms with van der Waals surface area (Å²) >= 11 is 1.71. The maximum atomic E-state index is 5.47. The lowest BCUT2D eigenvalue weighted by molar-refractivity contribution is 0.0337. The van der Waals surface area contributed by atoms with Gasteiger partial charge in [0.05, 0.1) is 37.7 Å². The monoisotopic (exact) mass is 449 g/mol. The van der Waals surface area contributed by atoms with Gasteiger partial charge in [0.2, 0.25) is 0 Å². The average molecular weight is 450 g/mol. The van der Waals surface area contributed by atoms with Crippen LogP contribution >= 0.6 is 11.3 Å². The first-order chi connectivity index (χ1) is 15.8. The molecular weight excluding hydrogens is 422 g/mol. The smallest absolute Gasteiger partial charge is 0.186 e. The SMILES string of the molecule is COc1cccc(CN(Cc2ccc3[nH]ncc3c2)c2nc(CN3CCOCC3)cs2)c1. The third-order valence-electron chi connectivity index (χ3n) is 5.69. The molecule has 32 heavy (non-hydrogen) atoms. The molecule has 0 radical (unpaired) electrons. The number of rotatable bonds is 8. The van der Waals surface area contributed by atoms with Crippen LogP contribution in [0.25, 0.3) is 10.9 Å². The molecule has 3 heterocycles. The highest BCUT2D eigenvalue weighted by Crippen LogP contribution is 2.27. The normalized spacial score (nSPS) is 14.7. The van der Waals surface area contributed by atoms with Crippen molar-refractivity contribution in [3.05, 3.63) is 70.9 Å². The first-order valence-electron chi connectivity index (χ1n) is 10.8. The third-order valence-corrected chi connectivity index (χ3v) is 6.64. The summed E-state index contributed by atoms with van der Waals surface area (Å²) in [6, 6.07) is 14.7. The zero-order valence-corrected chi connectivity index (χ0v) is 19.0. The Hall–Kier alpha value is -2.94. The Balaban J connectivity index is 1.39. The van der Waals surface area contributed by atoms with E-state index in [1.807, 2.05) is 18.3 Å². The molecule has 166 valence electrons. The van der Waals surface area contributed by atoms with Crippen molar-refractivity contribution in [1.82, 2.24) is 20.1 Å². The van der Waals surface area contributed by atoms with E-state index in [9.17, 15) is 0 Å². The molecule has 5 rings (SSSR count). The molecule has 0 amide bonds. The van der Waals surface area contributed by atoms with Crippen molar-refractivity contribution in [3.8, 4) is 5.75 Å². The number of hydrogen-bond acceptors (Lipinski definition) is 7. The summed E-state index contributed by atoms with van der Waals surface area (Å²) in [6.07, 6.45) is 1.87. The second-order valence-electron chi connectivity index (χ2n) is 8.01. The lowest BCUT2D eigenvalue weighted by Gasteiger charge is -2.26. The summed E-state index contributed by atoms with van der Waals surface area (Å²) in [6.45, 7) is 5.92. The number of nitrogens with one attached hydrogen (secondary N) is 1. The largest absolute Gasteiger partial charge is 0.497 e. The molecule has 1 saturated heterocycles. The molecule has 0 spiro atoms. The highest BCUT2D eigenvalue weighted by atomic mass is 32.1. The number of benzene rings is 2. The van der Waals surface area contributed by atoms with E-state index in [4.69, 9.17) is 14.5 Å². The van der Waals surface area contributed by atoms with Crippen LogP contribution < -0.4 is 9.64 Å². The van der Waals surface area contributed by atoms with Crippen LogP contribution in [0.3, 0.4) is 0 Å². The molecule has 1 fully saturated rings. The van der Waals surface area contributed by atoms with Crippen molar-refractivity contribution in [2.24, 2.45) is 0 Å². The van der Waals surface area contributed by atoms with Gasteiger partial charge in [-0.2, -0.15) is 5.10 Å². The minimum atomic E-state index is 0.755. The summed E-state index contributed by atoms with van der Waals surface area (Å²) in [5, 5.41) is 11.5. The number of ether oxygens (including phenoxy) is 2. The van der Waals surface area contributed by atoms with Crippen LogP contribution in [0.4, 0.5) is 5.13 Å². The molecule has 0 atom stereocenters. The quantitative estimate of drug-likeness (QED) is 0.438. The summed E-state index contributed by atoms with van der Waals surface area (Å²) < 4.78 is 10.9. The van der Waals surface area contributed by atoms with Crippen LogP contribution in [-0.4, -0.2) is 53.5 Å². The van der Waals surface area contributed by atoms with Gasteiger partial charge in [0, 0.05) is 43.5 Å². The van der Waals surface area contributed by atoms with Crippen LogP contribution in [-0.2, 0) is 24.4 Å². The first kappa shape index (κ1) is 20.9. The lowest BCUT2D eigenvalue weighted by Crippen LogP contribution is -2.35. The van der Waals surface area contributed by atoms with Gasteiger partial charge in [-0.05, 0) is 35.4 Å².